The van der Waals surface area contributed by atoms with Crippen LogP contribution in [0.15, 0.2) is 55.0 Å². The third-order valence-electron chi connectivity index (χ3n) is 7.31. The largest absolute Gasteiger partial charge is 0.474 e. The number of benzene rings is 1. The van der Waals surface area contributed by atoms with Crippen molar-refractivity contribution in [3.05, 3.63) is 82.6 Å². The normalized spacial score (nSPS) is 20.2. The molecule has 1 amide bonds. The first-order valence-corrected chi connectivity index (χ1v) is 13.0. The van der Waals surface area contributed by atoms with Gasteiger partial charge in [0.25, 0.3) is 5.91 Å². The number of nitrogens with two attached hydrogens (primary N) is 1. The summed E-state index contributed by atoms with van der Waals surface area (Å²) in [6.07, 6.45) is 4.87. The molecule has 4 heterocycles. The lowest BCUT2D eigenvalue weighted by Gasteiger charge is -2.22. The van der Waals surface area contributed by atoms with Crippen molar-refractivity contribution >= 4 is 17.5 Å². The summed E-state index contributed by atoms with van der Waals surface area (Å²) in [5, 5.41) is 4.46. The summed E-state index contributed by atoms with van der Waals surface area (Å²) < 4.78 is 22.0. The number of ether oxygens (including phenoxy) is 1. The van der Waals surface area contributed by atoms with Gasteiger partial charge in [-0.2, -0.15) is 5.10 Å². The quantitative estimate of drug-likeness (QED) is 0.385. The van der Waals surface area contributed by atoms with Gasteiger partial charge in [-0.1, -0.05) is 17.7 Å². The molecule has 0 bridgehead atoms. The second-order valence-electron chi connectivity index (χ2n) is 10.7. The molecule has 3 aromatic heterocycles. The van der Waals surface area contributed by atoms with Crippen LogP contribution in [0.2, 0.25) is 5.02 Å². The van der Waals surface area contributed by atoms with E-state index in [9.17, 15) is 9.18 Å². The molecule has 1 aromatic carbocycles. The molecule has 4 aromatic rings. The third-order valence-corrected chi connectivity index (χ3v) is 7.61. The Balaban J connectivity index is 1.17. The molecule has 1 saturated carbocycles. The van der Waals surface area contributed by atoms with Crippen LogP contribution >= 0.6 is 11.6 Å². The molecule has 200 valence electrons. The molecular weight excluding hydrogens is 521 g/mol. The van der Waals surface area contributed by atoms with Crippen molar-refractivity contribution in [3.8, 4) is 23.1 Å². The molecule has 9 nitrogen and oxygen atoms in total. The first kappa shape index (κ1) is 25.4. The van der Waals surface area contributed by atoms with Gasteiger partial charge in [0.2, 0.25) is 11.8 Å². The van der Waals surface area contributed by atoms with Crippen LogP contribution in [0.4, 0.5) is 4.39 Å². The van der Waals surface area contributed by atoms with Gasteiger partial charge in [0.1, 0.15) is 11.9 Å². The zero-order valence-electron chi connectivity index (χ0n) is 21.7. The fourth-order valence-corrected chi connectivity index (χ4v) is 5.16. The van der Waals surface area contributed by atoms with Crippen LogP contribution in [0.1, 0.15) is 35.5 Å². The molecule has 1 aliphatic heterocycles. The van der Waals surface area contributed by atoms with E-state index in [2.05, 4.69) is 20.1 Å². The maximum absolute atomic E-state index is 14.2. The van der Waals surface area contributed by atoms with Crippen LogP contribution in [-0.2, 0) is 5.54 Å². The summed E-state index contributed by atoms with van der Waals surface area (Å²) in [5.74, 6) is 0.651. The number of likely N-dealkylation sites (tertiary alicyclic amines) is 1. The monoisotopic (exact) mass is 547 g/mol. The SMILES string of the molecule is Cc1nn(-c2ncccn2)cc1C(=O)N1CC2C(C1)C2Oc1cc(C(C)(C)N)cc(-c2ccc(Cl)c(F)c2)n1. The van der Waals surface area contributed by atoms with Gasteiger partial charge in [-0.3, -0.25) is 4.79 Å². The van der Waals surface area contributed by atoms with E-state index in [0.717, 1.165) is 5.56 Å². The van der Waals surface area contributed by atoms with E-state index >= 15 is 0 Å². The lowest BCUT2D eigenvalue weighted by atomic mass is 9.95. The van der Waals surface area contributed by atoms with Gasteiger partial charge >= 0.3 is 0 Å². The van der Waals surface area contributed by atoms with Gasteiger partial charge in [0.15, 0.2) is 0 Å². The van der Waals surface area contributed by atoms with E-state index in [1.807, 2.05) is 30.9 Å². The number of nitrogens with zero attached hydrogens (tertiary/aromatic N) is 6. The van der Waals surface area contributed by atoms with Crippen LogP contribution in [0.3, 0.4) is 0 Å². The van der Waals surface area contributed by atoms with Gasteiger partial charge in [0, 0.05) is 60.7 Å². The van der Waals surface area contributed by atoms with Crippen LogP contribution in [0.25, 0.3) is 17.2 Å². The Labute approximate surface area is 229 Å². The average molecular weight is 548 g/mol. The molecule has 2 fully saturated rings. The molecule has 1 aliphatic carbocycles. The smallest absolute Gasteiger partial charge is 0.257 e. The number of hydrogen-bond acceptors (Lipinski definition) is 7. The number of amides is 1. The topological polar surface area (TPSA) is 112 Å². The second kappa shape index (κ2) is 9.39. The van der Waals surface area contributed by atoms with Crippen molar-refractivity contribution in [3.63, 3.8) is 0 Å². The summed E-state index contributed by atoms with van der Waals surface area (Å²) >= 11 is 5.87. The molecule has 0 radical (unpaired) electrons. The molecule has 11 heteroatoms. The number of fused-ring (bicyclic) bond motifs is 1. The van der Waals surface area contributed by atoms with Crippen LogP contribution in [-0.4, -0.2) is 54.7 Å². The standard InChI is InChI=1S/C28H27ClFN7O2/c1-15-18(14-37(35-15)27-32-7-4-8-33-27)26(38)36-12-19-20(13-36)25(19)39-24-11-17(28(2,3)31)10-23(34-24)16-5-6-21(29)22(30)9-16/h4-11,14,19-20,25H,12-13,31H2,1-3H3. The number of aryl methyl sites for hydroxylation is 1. The van der Waals surface area contributed by atoms with E-state index < -0.39 is 11.4 Å². The summed E-state index contributed by atoms with van der Waals surface area (Å²) in [5.41, 5.74) is 8.83. The van der Waals surface area contributed by atoms with Gasteiger partial charge in [-0.15, -0.1) is 0 Å². The number of piperidine rings is 1. The van der Waals surface area contributed by atoms with E-state index in [0.29, 0.717) is 47.4 Å². The van der Waals surface area contributed by atoms with Gasteiger partial charge in [-0.05, 0) is 50.6 Å². The molecule has 6 rings (SSSR count). The lowest BCUT2D eigenvalue weighted by Crippen LogP contribution is -2.33. The van der Waals surface area contributed by atoms with Crippen molar-refractivity contribution in [2.24, 2.45) is 17.6 Å². The zero-order valence-corrected chi connectivity index (χ0v) is 22.4. The lowest BCUT2D eigenvalue weighted by molar-refractivity contribution is 0.0751. The number of carbonyl (C=O) groups excluding carboxylic acids is 1. The second-order valence-corrected chi connectivity index (χ2v) is 11.1. The van der Waals surface area contributed by atoms with Crippen molar-refractivity contribution in [1.29, 1.82) is 0 Å². The number of carbonyl (C=O) groups is 1. The highest BCUT2D eigenvalue weighted by Crippen LogP contribution is 2.48. The highest BCUT2D eigenvalue weighted by Gasteiger charge is 2.59. The van der Waals surface area contributed by atoms with E-state index in [1.165, 1.54) is 16.8 Å². The van der Waals surface area contributed by atoms with Crippen molar-refractivity contribution in [2.75, 3.05) is 13.1 Å². The average Bonchev–Trinajstić information content (AvgIpc) is 3.22. The molecular formula is C28H27ClFN7O2. The minimum Gasteiger partial charge on any atom is -0.474 e. The molecule has 1 saturated heterocycles. The Morgan fingerprint density at radius 2 is 1.87 bits per heavy atom. The summed E-state index contributed by atoms with van der Waals surface area (Å²) in [7, 11) is 0. The summed E-state index contributed by atoms with van der Waals surface area (Å²) in [6, 6.07) is 9.97. The molecule has 0 spiro atoms. The van der Waals surface area contributed by atoms with Gasteiger partial charge in [0.05, 0.1) is 22.0 Å². The van der Waals surface area contributed by atoms with E-state index in [4.69, 9.17) is 22.1 Å². The Kier molecular flexibility index (Phi) is 6.11. The highest BCUT2D eigenvalue weighted by atomic mass is 35.5. The van der Waals surface area contributed by atoms with Crippen LogP contribution < -0.4 is 10.5 Å². The van der Waals surface area contributed by atoms with Crippen molar-refractivity contribution in [1.82, 2.24) is 29.6 Å². The summed E-state index contributed by atoms with van der Waals surface area (Å²) in [4.78, 5) is 28.2. The predicted octanol–water partition coefficient (Wildman–Crippen LogP) is 4.17. The van der Waals surface area contributed by atoms with Gasteiger partial charge < -0.3 is 15.4 Å². The van der Waals surface area contributed by atoms with Gasteiger partial charge in [-0.25, -0.2) is 24.0 Å². The molecule has 2 atom stereocenters. The first-order chi connectivity index (χ1) is 18.6. The van der Waals surface area contributed by atoms with Crippen molar-refractivity contribution in [2.45, 2.75) is 32.4 Å². The first-order valence-electron chi connectivity index (χ1n) is 12.6. The zero-order chi connectivity index (χ0) is 27.5. The number of aromatic nitrogens is 5. The Bertz CT molecular complexity index is 1560. The Hall–Kier alpha value is -3.89. The fourth-order valence-electron chi connectivity index (χ4n) is 5.05. The molecule has 2 aliphatic rings. The minimum atomic E-state index is -0.656. The van der Waals surface area contributed by atoms with Crippen molar-refractivity contribution < 1.29 is 13.9 Å². The maximum Gasteiger partial charge on any atom is 0.257 e. The number of hydrogen-bond donors (Lipinski definition) is 1. The number of rotatable bonds is 6. The molecule has 39 heavy (non-hydrogen) atoms. The predicted molar refractivity (Wildman–Crippen MR) is 143 cm³/mol. The Morgan fingerprint density at radius 1 is 1.15 bits per heavy atom. The summed E-state index contributed by atoms with van der Waals surface area (Å²) in [6.45, 7) is 6.75. The Morgan fingerprint density at radius 3 is 2.54 bits per heavy atom. The molecule has 2 unspecified atom stereocenters. The fraction of sp³-hybridized carbons (Fsp3) is 0.321. The van der Waals surface area contributed by atoms with Crippen LogP contribution in [0.5, 0.6) is 5.88 Å². The van der Waals surface area contributed by atoms with Crippen LogP contribution in [0, 0.1) is 24.6 Å². The third kappa shape index (κ3) is 4.86. The van der Waals surface area contributed by atoms with E-state index in [1.54, 1.807) is 37.6 Å². The number of pyridine rings is 1. The highest BCUT2D eigenvalue weighted by molar-refractivity contribution is 6.30. The molecule has 2 N–H and O–H groups in total. The maximum atomic E-state index is 14.2. The number of halogens is 2. The van der Waals surface area contributed by atoms with E-state index in [-0.39, 0.29) is 28.9 Å². The minimum absolute atomic E-state index is 0.0476.